The Bertz CT molecular complexity index is 1320. The number of amides is 2. The van der Waals surface area contributed by atoms with Gasteiger partial charge in [-0.05, 0) is 61.9 Å². The number of anilines is 2. The molecule has 198 valence electrons. The summed E-state index contributed by atoms with van der Waals surface area (Å²) in [5.74, 6) is -0.0997. The summed E-state index contributed by atoms with van der Waals surface area (Å²) >= 11 is 0. The number of ether oxygens (including phenoxy) is 2. The van der Waals surface area contributed by atoms with Crippen LogP contribution in [0, 0.1) is 12.3 Å². The van der Waals surface area contributed by atoms with Crippen molar-refractivity contribution in [2.45, 2.75) is 38.6 Å². The lowest BCUT2D eigenvalue weighted by Gasteiger charge is -2.53. The van der Waals surface area contributed by atoms with Gasteiger partial charge in [0.05, 0.1) is 11.4 Å². The number of carbonyl (C=O) groups excluding carboxylic acids is 2. The van der Waals surface area contributed by atoms with Crippen molar-refractivity contribution in [2.24, 2.45) is 5.41 Å². The van der Waals surface area contributed by atoms with Crippen LogP contribution in [0.5, 0.6) is 5.75 Å². The summed E-state index contributed by atoms with van der Waals surface area (Å²) in [7, 11) is 1.72. The standard InChI is InChI=1S/C29H33N5O4/c1-19-15-30-26(32-25(19)20-6-4-3-5-7-20)27(35)31-22-16-38-24-9-8-21(14-23(24)33(2)28(22)36)34-17-29(18-34)10-12-37-13-11-29/h4,6-9,14-15,22H,3,5,10-13,16-18H2,1-2H3,(H,31,35)/t22-/m0/s1. The van der Waals surface area contributed by atoms with Crippen molar-refractivity contribution in [1.82, 2.24) is 15.3 Å². The van der Waals surface area contributed by atoms with Crippen LogP contribution in [0.1, 0.15) is 47.6 Å². The highest BCUT2D eigenvalue weighted by atomic mass is 16.5. The molecule has 1 aliphatic carbocycles. The number of nitrogens with zero attached hydrogens (tertiary/aromatic N) is 4. The summed E-state index contributed by atoms with van der Waals surface area (Å²) < 4.78 is 11.5. The van der Waals surface area contributed by atoms with Crippen molar-refractivity contribution in [2.75, 3.05) is 49.8 Å². The average Bonchev–Trinajstić information content (AvgIpc) is 3.04. The number of likely N-dealkylation sites (N-methyl/N-ethyl adjacent to an activating group) is 1. The van der Waals surface area contributed by atoms with Gasteiger partial charge >= 0.3 is 0 Å². The lowest BCUT2D eigenvalue weighted by molar-refractivity contribution is -0.120. The second-order valence-corrected chi connectivity index (χ2v) is 10.7. The molecule has 4 aliphatic rings. The number of rotatable bonds is 4. The monoisotopic (exact) mass is 515 g/mol. The second kappa shape index (κ2) is 9.87. The number of aromatic nitrogens is 2. The maximum Gasteiger partial charge on any atom is 0.289 e. The van der Waals surface area contributed by atoms with Crippen molar-refractivity contribution < 1.29 is 19.1 Å². The van der Waals surface area contributed by atoms with E-state index in [2.05, 4.69) is 32.3 Å². The van der Waals surface area contributed by atoms with Crippen molar-refractivity contribution in [1.29, 1.82) is 0 Å². The molecule has 0 bridgehead atoms. The van der Waals surface area contributed by atoms with Crippen LogP contribution >= 0.6 is 0 Å². The van der Waals surface area contributed by atoms with Crippen LogP contribution in [0.25, 0.3) is 5.57 Å². The van der Waals surface area contributed by atoms with Crippen LogP contribution in [-0.4, -0.2) is 67.8 Å². The highest BCUT2D eigenvalue weighted by Gasteiger charge is 2.44. The first-order chi connectivity index (χ1) is 18.4. The summed E-state index contributed by atoms with van der Waals surface area (Å²) in [6.45, 7) is 5.61. The van der Waals surface area contributed by atoms with Crippen LogP contribution < -0.4 is 19.9 Å². The maximum absolute atomic E-state index is 13.4. The van der Waals surface area contributed by atoms with Crippen molar-refractivity contribution in [3.05, 3.63) is 59.7 Å². The molecule has 6 rings (SSSR count). The molecule has 0 saturated carbocycles. The maximum atomic E-state index is 13.4. The summed E-state index contributed by atoms with van der Waals surface area (Å²) in [6, 6.07) is 5.09. The van der Waals surface area contributed by atoms with E-state index >= 15 is 0 Å². The minimum Gasteiger partial charge on any atom is -0.489 e. The Morgan fingerprint density at radius 2 is 2.00 bits per heavy atom. The van der Waals surface area contributed by atoms with E-state index in [0.29, 0.717) is 16.9 Å². The van der Waals surface area contributed by atoms with Gasteiger partial charge in [0.25, 0.3) is 11.8 Å². The van der Waals surface area contributed by atoms with Gasteiger partial charge in [0.2, 0.25) is 5.82 Å². The molecule has 0 unspecified atom stereocenters. The summed E-state index contributed by atoms with van der Waals surface area (Å²) in [5, 5.41) is 2.80. The molecule has 1 aromatic carbocycles. The number of fused-ring (bicyclic) bond motifs is 1. The number of allylic oxidation sites excluding steroid dienone is 4. The van der Waals surface area contributed by atoms with Crippen LogP contribution in [0.15, 0.2) is 42.6 Å². The summed E-state index contributed by atoms with van der Waals surface area (Å²) in [6.07, 6.45) is 12.0. The fourth-order valence-electron chi connectivity index (χ4n) is 5.71. The molecular weight excluding hydrogens is 482 g/mol. The number of hydrogen-bond donors (Lipinski definition) is 1. The Labute approximate surface area is 222 Å². The fourth-order valence-corrected chi connectivity index (χ4v) is 5.71. The third-order valence-corrected chi connectivity index (χ3v) is 8.06. The predicted molar refractivity (Wildman–Crippen MR) is 144 cm³/mol. The van der Waals surface area contributed by atoms with Gasteiger partial charge in [-0.15, -0.1) is 0 Å². The third-order valence-electron chi connectivity index (χ3n) is 8.06. The van der Waals surface area contributed by atoms with E-state index < -0.39 is 11.9 Å². The number of hydrogen-bond acceptors (Lipinski definition) is 7. The van der Waals surface area contributed by atoms with Gasteiger partial charge in [-0.25, -0.2) is 9.97 Å². The Morgan fingerprint density at radius 3 is 2.76 bits per heavy atom. The minimum atomic E-state index is -0.861. The molecule has 1 aromatic heterocycles. The Kier molecular flexibility index (Phi) is 6.39. The third kappa shape index (κ3) is 4.55. The highest BCUT2D eigenvalue weighted by molar-refractivity contribution is 6.02. The molecule has 1 atom stereocenters. The molecule has 9 heteroatoms. The quantitative estimate of drug-likeness (QED) is 0.668. The molecule has 2 fully saturated rings. The lowest BCUT2D eigenvalue weighted by Crippen LogP contribution is -2.58. The van der Waals surface area contributed by atoms with Crippen LogP contribution in [0.3, 0.4) is 0 Å². The molecule has 38 heavy (non-hydrogen) atoms. The molecule has 3 aliphatic heterocycles. The van der Waals surface area contributed by atoms with Crippen molar-refractivity contribution >= 4 is 28.8 Å². The molecule has 9 nitrogen and oxygen atoms in total. The molecular formula is C29H33N5O4. The normalized spacial score (nSPS) is 22.2. The van der Waals surface area contributed by atoms with Gasteiger partial charge < -0.3 is 24.6 Å². The van der Waals surface area contributed by atoms with E-state index in [1.54, 1.807) is 18.1 Å². The Hall–Kier alpha value is -3.72. The molecule has 0 radical (unpaired) electrons. The first-order valence-corrected chi connectivity index (χ1v) is 13.3. The summed E-state index contributed by atoms with van der Waals surface area (Å²) in [4.78, 5) is 39.2. The van der Waals surface area contributed by atoms with E-state index in [1.807, 2.05) is 31.2 Å². The van der Waals surface area contributed by atoms with Gasteiger partial charge in [-0.2, -0.15) is 0 Å². The van der Waals surface area contributed by atoms with Crippen LogP contribution in [0.4, 0.5) is 11.4 Å². The topological polar surface area (TPSA) is 96.9 Å². The van der Waals surface area contributed by atoms with Gasteiger partial charge in [-0.3, -0.25) is 9.59 Å². The SMILES string of the molecule is Cc1cnc(C(=O)N[C@H]2COc3ccc(N4CC5(CCOCC5)C4)cc3N(C)C2=O)nc1C1=CCCC=C1. The zero-order valence-electron chi connectivity index (χ0n) is 21.9. The van der Waals surface area contributed by atoms with E-state index in [-0.39, 0.29) is 18.3 Å². The van der Waals surface area contributed by atoms with Crippen molar-refractivity contribution in [3.8, 4) is 5.75 Å². The number of nitrogens with one attached hydrogen (secondary N) is 1. The number of aryl methyl sites for hydroxylation is 1. The van der Waals surface area contributed by atoms with Crippen LogP contribution in [0.2, 0.25) is 0 Å². The first-order valence-electron chi connectivity index (χ1n) is 13.3. The minimum absolute atomic E-state index is 0.0285. The van der Waals surface area contributed by atoms with E-state index in [4.69, 9.17) is 9.47 Å². The fraction of sp³-hybridized carbons (Fsp3) is 0.448. The van der Waals surface area contributed by atoms with Gasteiger partial charge in [0.15, 0.2) is 0 Å². The second-order valence-electron chi connectivity index (χ2n) is 10.7. The Balaban J connectivity index is 1.16. The van der Waals surface area contributed by atoms with Gasteiger partial charge in [-0.1, -0.05) is 18.2 Å². The highest BCUT2D eigenvalue weighted by Crippen LogP contribution is 2.44. The molecule has 4 heterocycles. The van der Waals surface area contributed by atoms with Gasteiger partial charge in [0.1, 0.15) is 18.4 Å². The smallest absolute Gasteiger partial charge is 0.289 e. The Morgan fingerprint density at radius 1 is 1.18 bits per heavy atom. The van der Waals surface area contributed by atoms with E-state index in [1.165, 1.54) is 0 Å². The van der Waals surface area contributed by atoms with Crippen molar-refractivity contribution in [3.63, 3.8) is 0 Å². The average molecular weight is 516 g/mol. The molecule has 2 amide bonds. The lowest BCUT2D eigenvalue weighted by atomic mass is 9.73. The zero-order valence-corrected chi connectivity index (χ0v) is 21.9. The summed E-state index contributed by atoms with van der Waals surface area (Å²) in [5.41, 5.74) is 4.72. The predicted octanol–water partition coefficient (Wildman–Crippen LogP) is 3.29. The molecule has 1 spiro atoms. The largest absolute Gasteiger partial charge is 0.489 e. The molecule has 2 aromatic rings. The number of carbonyl (C=O) groups is 2. The van der Waals surface area contributed by atoms with Crippen LogP contribution in [-0.2, 0) is 9.53 Å². The van der Waals surface area contributed by atoms with E-state index in [0.717, 1.165) is 74.5 Å². The molecule has 2 saturated heterocycles. The first kappa shape index (κ1) is 24.6. The number of benzene rings is 1. The van der Waals surface area contributed by atoms with E-state index in [9.17, 15) is 9.59 Å². The van der Waals surface area contributed by atoms with Gasteiger partial charge in [0, 0.05) is 50.7 Å². The zero-order chi connectivity index (χ0) is 26.3. The molecule has 1 N–H and O–H groups in total.